The van der Waals surface area contributed by atoms with Crippen LogP contribution < -0.4 is 5.32 Å². The topological polar surface area (TPSA) is 106 Å². The Balaban J connectivity index is 1.67. The van der Waals surface area contributed by atoms with Crippen molar-refractivity contribution in [3.63, 3.8) is 0 Å². The van der Waals surface area contributed by atoms with Gasteiger partial charge in [-0.05, 0) is 25.7 Å². The Bertz CT molecular complexity index is 654. The Hall–Kier alpha value is -2.51. The standard InChI is InChI=1S/C13H16N6O2/c20-12(21)7-19-6-9(17-18-19)5-14-13-10-3-1-2-4-11(10)15-8-16-13/h6,8H,1-5,7H2,(H,20,21)(H,14,15,16). The molecule has 0 atom stereocenters. The Morgan fingerprint density at radius 2 is 2.19 bits per heavy atom. The average molecular weight is 288 g/mol. The van der Waals surface area contributed by atoms with Gasteiger partial charge in [-0.25, -0.2) is 14.6 Å². The highest BCUT2D eigenvalue weighted by Crippen LogP contribution is 2.24. The first-order chi connectivity index (χ1) is 10.2. The first-order valence-corrected chi connectivity index (χ1v) is 6.90. The molecular formula is C13H16N6O2. The summed E-state index contributed by atoms with van der Waals surface area (Å²) in [5, 5.41) is 19.6. The van der Waals surface area contributed by atoms with Crippen LogP contribution in [0.5, 0.6) is 0 Å². The fraction of sp³-hybridized carbons (Fsp3) is 0.462. The Kier molecular flexibility index (Phi) is 3.76. The molecule has 0 bridgehead atoms. The lowest BCUT2D eigenvalue weighted by molar-refractivity contribution is -0.137. The lowest BCUT2D eigenvalue weighted by Gasteiger charge is -2.17. The van der Waals surface area contributed by atoms with Crippen LogP contribution >= 0.6 is 0 Å². The molecule has 0 radical (unpaired) electrons. The number of anilines is 1. The van der Waals surface area contributed by atoms with E-state index in [9.17, 15) is 4.79 Å². The summed E-state index contributed by atoms with van der Waals surface area (Å²) in [6.07, 6.45) is 7.52. The summed E-state index contributed by atoms with van der Waals surface area (Å²) in [7, 11) is 0. The normalized spacial score (nSPS) is 13.7. The number of hydrogen-bond acceptors (Lipinski definition) is 6. The van der Waals surface area contributed by atoms with E-state index in [1.165, 1.54) is 16.7 Å². The molecule has 1 aliphatic rings. The van der Waals surface area contributed by atoms with Crippen molar-refractivity contribution >= 4 is 11.8 Å². The molecule has 110 valence electrons. The number of rotatable bonds is 5. The Labute approximate surface area is 121 Å². The minimum absolute atomic E-state index is 0.185. The number of aliphatic carboxylic acids is 1. The van der Waals surface area contributed by atoms with Crippen molar-refractivity contribution in [3.05, 3.63) is 29.5 Å². The molecule has 0 saturated heterocycles. The van der Waals surface area contributed by atoms with E-state index in [4.69, 9.17) is 5.11 Å². The molecule has 0 aromatic carbocycles. The third-order valence-electron chi connectivity index (χ3n) is 3.45. The Morgan fingerprint density at radius 1 is 1.33 bits per heavy atom. The van der Waals surface area contributed by atoms with E-state index in [0.717, 1.165) is 30.8 Å². The molecule has 1 aliphatic carbocycles. The van der Waals surface area contributed by atoms with E-state index in [-0.39, 0.29) is 6.54 Å². The predicted molar refractivity (Wildman–Crippen MR) is 73.7 cm³/mol. The number of carboxylic acids is 1. The molecule has 2 heterocycles. The SMILES string of the molecule is O=C(O)Cn1cc(CNc2ncnc3c2CCCC3)nn1. The zero-order chi connectivity index (χ0) is 14.7. The molecule has 2 N–H and O–H groups in total. The quantitative estimate of drug-likeness (QED) is 0.831. The molecule has 0 spiro atoms. The maximum Gasteiger partial charge on any atom is 0.325 e. The smallest absolute Gasteiger partial charge is 0.325 e. The van der Waals surface area contributed by atoms with Crippen LogP contribution in [0.1, 0.15) is 29.8 Å². The lowest BCUT2D eigenvalue weighted by Crippen LogP contribution is -2.12. The zero-order valence-corrected chi connectivity index (χ0v) is 11.5. The van der Waals surface area contributed by atoms with Crippen molar-refractivity contribution in [3.8, 4) is 0 Å². The van der Waals surface area contributed by atoms with Crippen LogP contribution in [0.25, 0.3) is 0 Å². The third kappa shape index (κ3) is 3.15. The molecule has 2 aromatic heterocycles. The number of nitrogens with one attached hydrogen (secondary N) is 1. The number of hydrogen-bond donors (Lipinski definition) is 2. The van der Waals surface area contributed by atoms with Gasteiger partial charge in [-0.1, -0.05) is 5.21 Å². The van der Waals surface area contributed by atoms with E-state index in [1.807, 2.05) is 0 Å². The zero-order valence-electron chi connectivity index (χ0n) is 11.5. The lowest BCUT2D eigenvalue weighted by atomic mass is 9.96. The van der Waals surface area contributed by atoms with E-state index < -0.39 is 5.97 Å². The van der Waals surface area contributed by atoms with E-state index >= 15 is 0 Å². The van der Waals surface area contributed by atoms with Crippen molar-refractivity contribution in [1.82, 2.24) is 25.0 Å². The van der Waals surface area contributed by atoms with Gasteiger partial charge < -0.3 is 10.4 Å². The third-order valence-corrected chi connectivity index (χ3v) is 3.45. The van der Waals surface area contributed by atoms with Crippen molar-refractivity contribution in [2.75, 3.05) is 5.32 Å². The van der Waals surface area contributed by atoms with Crippen LogP contribution in [-0.2, 0) is 30.7 Å². The molecule has 0 saturated carbocycles. The minimum Gasteiger partial charge on any atom is -0.480 e. The molecule has 0 amide bonds. The largest absolute Gasteiger partial charge is 0.480 e. The molecule has 8 heteroatoms. The fourth-order valence-electron chi connectivity index (χ4n) is 2.48. The number of aryl methyl sites for hydroxylation is 1. The minimum atomic E-state index is -0.940. The molecule has 0 aliphatic heterocycles. The van der Waals surface area contributed by atoms with Gasteiger partial charge in [-0.2, -0.15) is 0 Å². The van der Waals surface area contributed by atoms with Crippen LogP contribution in [0, 0.1) is 0 Å². The van der Waals surface area contributed by atoms with Crippen molar-refractivity contribution < 1.29 is 9.90 Å². The van der Waals surface area contributed by atoms with Gasteiger partial charge in [0, 0.05) is 11.3 Å². The predicted octanol–water partition coefficient (Wildman–Crippen LogP) is 0.644. The molecule has 3 rings (SSSR count). The number of fused-ring (bicyclic) bond motifs is 1. The average Bonchev–Trinajstić information content (AvgIpc) is 2.92. The summed E-state index contributed by atoms with van der Waals surface area (Å²) in [6.45, 7) is 0.277. The van der Waals surface area contributed by atoms with Crippen molar-refractivity contribution in [1.29, 1.82) is 0 Å². The monoisotopic (exact) mass is 288 g/mol. The van der Waals surface area contributed by atoms with Gasteiger partial charge in [-0.3, -0.25) is 4.79 Å². The molecule has 2 aromatic rings. The molecule has 0 fully saturated rings. The molecule has 0 unspecified atom stereocenters. The summed E-state index contributed by atoms with van der Waals surface area (Å²) in [5.41, 5.74) is 2.98. The fourth-order valence-corrected chi connectivity index (χ4v) is 2.48. The maximum atomic E-state index is 10.6. The summed E-state index contributed by atoms with van der Waals surface area (Å²) in [5.74, 6) is -0.100. The summed E-state index contributed by atoms with van der Waals surface area (Å²) < 4.78 is 1.30. The first kappa shape index (κ1) is 13.5. The summed E-state index contributed by atoms with van der Waals surface area (Å²) in [4.78, 5) is 19.2. The number of nitrogens with zero attached hydrogens (tertiary/aromatic N) is 5. The molecule has 8 nitrogen and oxygen atoms in total. The van der Waals surface area contributed by atoms with Gasteiger partial charge in [0.1, 0.15) is 24.4 Å². The second-order valence-electron chi connectivity index (χ2n) is 5.01. The number of aromatic nitrogens is 5. The van der Waals surface area contributed by atoms with Crippen molar-refractivity contribution in [2.24, 2.45) is 0 Å². The van der Waals surface area contributed by atoms with Crippen LogP contribution in [0.15, 0.2) is 12.5 Å². The van der Waals surface area contributed by atoms with E-state index in [0.29, 0.717) is 12.2 Å². The number of carboxylic acid groups (broad SMARTS) is 1. The molecular weight excluding hydrogens is 272 g/mol. The highest BCUT2D eigenvalue weighted by Gasteiger charge is 2.15. The van der Waals surface area contributed by atoms with Gasteiger partial charge in [0.15, 0.2) is 0 Å². The highest BCUT2D eigenvalue weighted by molar-refractivity contribution is 5.66. The van der Waals surface area contributed by atoms with Crippen molar-refractivity contribution in [2.45, 2.75) is 38.8 Å². The maximum absolute atomic E-state index is 10.6. The van der Waals surface area contributed by atoms with Gasteiger partial charge in [-0.15, -0.1) is 5.10 Å². The molecule has 21 heavy (non-hydrogen) atoms. The second-order valence-corrected chi connectivity index (χ2v) is 5.01. The van der Waals surface area contributed by atoms with Gasteiger partial charge in [0.05, 0.1) is 12.7 Å². The van der Waals surface area contributed by atoms with Gasteiger partial charge in [0.25, 0.3) is 0 Å². The van der Waals surface area contributed by atoms with E-state index in [1.54, 1.807) is 12.5 Å². The highest BCUT2D eigenvalue weighted by atomic mass is 16.4. The van der Waals surface area contributed by atoms with Crippen LogP contribution in [0.2, 0.25) is 0 Å². The summed E-state index contributed by atoms with van der Waals surface area (Å²) in [6, 6.07) is 0. The summed E-state index contributed by atoms with van der Waals surface area (Å²) >= 11 is 0. The first-order valence-electron chi connectivity index (χ1n) is 6.90. The van der Waals surface area contributed by atoms with Crippen LogP contribution in [0.3, 0.4) is 0 Å². The van der Waals surface area contributed by atoms with Crippen LogP contribution in [-0.4, -0.2) is 36.0 Å². The van der Waals surface area contributed by atoms with Gasteiger partial charge in [0.2, 0.25) is 0 Å². The van der Waals surface area contributed by atoms with Crippen LogP contribution in [0.4, 0.5) is 5.82 Å². The van der Waals surface area contributed by atoms with E-state index in [2.05, 4.69) is 25.6 Å². The number of carbonyl (C=O) groups is 1. The second kappa shape index (κ2) is 5.86. The Morgan fingerprint density at radius 3 is 3.05 bits per heavy atom. The van der Waals surface area contributed by atoms with Gasteiger partial charge >= 0.3 is 5.97 Å².